The molecule has 0 radical (unpaired) electrons. The van der Waals surface area contributed by atoms with Crippen LogP contribution >= 0.6 is 12.2 Å². The van der Waals surface area contributed by atoms with Crippen LogP contribution in [0.15, 0.2) is 65.2 Å². The van der Waals surface area contributed by atoms with E-state index in [0.717, 1.165) is 30.1 Å². The summed E-state index contributed by atoms with van der Waals surface area (Å²) in [7, 11) is 4.05. The van der Waals surface area contributed by atoms with Crippen LogP contribution < -0.4 is 5.32 Å². The van der Waals surface area contributed by atoms with Crippen molar-refractivity contribution < 1.29 is 9.34 Å². The Balaban J connectivity index is 1.67. The van der Waals surface area contributed by atoms with Crippen molar-refractivity contribution in [2.45, 2.75) is 12.1 Å². The first-order chi connectivity index (χ1) is 14.9. The number of benzene rings is 1. The maximum absolute atomic E-state index is 10.9. The summed E-state index contributed by atoms with van der Waals surface area (Å²) in [6.07, 6.45) is 1.77. The van der Waals surface area contributed by atoms with Crippen molar-refractivity contribution in [2.75, 3.05) is 27.2 Å². The van der Waals surface area contributed by atoms with Crippen molar-refractivity contribution >= 4 is 23.0 Å². The topological polar surface area (TPSA) is 87.7 Å². The molecule has 0 bridgehead atoms. The molecule has 2 atom stereocenters. The van der Waals surface area contributed by atoms with Gasteiger partial charge >= 0.3 is 0 Å². The zero-order chi connectivity index (χ0) is 22.0. The second-order valence-corrected chi connectivity index (χ2v) is 8.02. The molecule has 2 aromatic heterocycles. The van der Waals surface area contributed by atoms with Gasteiger partial charge in [0, 0.05) is 37.0 Å². The Labute approximate surface area is 185 Å². The number of aromatic nitrogens is 1. The quantitative estimate of drug-likeness (QED) is 0.339. The van der Waals surface area contributed by atoms with E-state index in [1.165, 1.54) is 12.1 Å². The first-order valence-electron chi connectivity index (χ1n) is 9.91. The fourth-order valence-electron chi connectivity index (χ4n) is 3.68. The molecule has 31 heavy (non-hydrogen) atoms. The molecule has 9 heteroatoms. The first-order valence-corrected chi connectivity index (χ1v) is 10.3. The SMILES string of the molecule is CN(C)CCN1C(=S)N[C@H](c2ccccn2)[C@H]1c1ccc(-c2ccc([N+](=O)[O-])cc2)o1. The zero-order valence-corrected chi connectivity index (χ0v) is 18.1. The number of thiocarbonyl (C=S) groups is 1. The summed E-state index contributed by atoms with van der Waals surface area (Å²) >= 11 is 5.65. The number of hydrogen-bond donors (Lipinski definition) is 1. The van der Waals surface area contributed by atoms with E-state index < -0.39 is 4.92 Å². The van der Waals surface area contributed by atoms with Crippen molar-refractivity contribution in [3.05, 3.63) is 82.4 Å². The average Bonchev–Trinajstić information content (AvgIpc) is 3.37. The van der Waals surface area contributed by atoms with Crippen LogP contribution in [0.25, 0.3) is 11.3 Å². The van der Waals surface area contributed by atoms with Gasteiger partial charge in [-0.1, -0.05) is 6.07 Å². The fourth-order valence-corrected chi connectivity index (χ4v) is 4.01. The van der Waals surface area contributed by atoms with E-state index in [0.29, 0.717) is 10.9 Å². The predicted molar refractivity (Wildman–Crippen MR) is 122 cm³/mol. The van der Waals surface area contributed by atoms with Gasteiger partial charge in [0.2, 0.25) is 0 Å². The number of nitro benzene ring substituents is 1. The van der Waals surface area contributed by atoms with Gasteiger partial charge in [-0.05, 0) is 62.7 Å². The number of nitrogens with zero attached hydrogens (tertiary/aromatic N) is 4. The summed E-state index contributed by atoms with van der Waals surface area (Å²) in [5, 5.41) is 15.0. The van der Waals surface area contributed by atoms with E-state index >= 15 is 0 Å². The van der Waals surface area contributed by atoms with Gasteiger partial charge in [0.05, 0.1) is 16.7 Å². The minimum atomic E-state index is -0.414. The minimum absolute atomic E-state index is 0.0472. The molecular weight excluding hydrogens is 414 g/mol. The van der Waals surface area contributed by atoms with Gasteiger partial charge < -0.3 is 19.5 Å². The second kappa shape index (κ2) is 8.83. The highest BCUT2D eigenvalue weighted by molar-refractivity contribution is 7.80. The largest absolute Gasteiger partial charge is 0.459 e. The van der Waals surface area contributed by atoms with Crippen LogP contribution in [-0.2, 0) is 0 Å². The van der Waals surface area contributed by atoms with Gasteiger partial charge in [0.1, 0.15) is 17.6 Å². The Hall–Kier alpha value is -3.30. The maximum atomic E-state index is 10.9. The summed E-state index contributed by atoms with van der Waals surface area (Å²) in [5.41, 5.74) is 1.71. The van der Waals surface area contributed by atoms with Crippen molar-refractivity contribution in [1.82, 2.24) is 20.1 Å². The van der Waals surface area contributed by atoms with Gasteiger partial charge in [0.25, 0.3) is 5.69 Å². The summed E-state index contributed by atoms with van der Waals surface area (Å²) in [6, 6.07) is 15.7. The molecular formula is C22H23N5O3S. The van der Waals surface area contributed by atoms with Gasteiger partial charge in [-0.25, -0.2) is 0 Å². The van der Waals surface area contributed by atoms with Gasteiger partial charge in [-0.3, -0.25) is 15.1 Å². The lowest BCUT2D eigenvalue weighted by molar-refractivity contribution is -0.384. The number of furan rings is 1. The lowest BCUT2D eigenvalue weighted by Gasteiger charge is -2.27. The molecule has 1 aromatic carbocycles. The monoisotopic (exact) mass is 437 g/mol. The Kier molecular flexibility index (Phi) is 5.97. The molecule has 0 amide bonds. The second-order valence-electron chi connectivity index (χ2n) is 7.63. The number of rotatable bonds is 7. The molecule has 1 saturated heterocycles. The molecule has 160 valence electrons. The minimum Gasteiger partial charge on any atom is -0.459 e. The summed E-state index contributed by atoms with van der Waals surface area (Å²) in [6.45, 7) is 1.57. The molecule has 1 fully saturated rings. The third-order valence-electron chi connectivity index (χ3n) is 5.27. The number of likely N-dealkylation sites (N-methyl/N-ethyl adjacent to an activating group) is 1. The van der Waals surface area contributed by atoms with E-state index in [1.54, 1.807) is 18.3 Å². The molecule has 4 rings (SSSR count). The van der Waals surface area contributed by atoms with Crippen LogP contribution in [0.2, 0.25) is 0 Å². The Bertz CT molecular complexity index is 1070. The molecule has 1 aliphatic rings. The van der Waals surface area contributed by atoms with Crippen LogP contribution in [0.5, 0.6) is 0 Å². The molecule has 0 aliphatic carbocycles. The number of pyridine rings is 1. The summed E-state index contributed by atoms with van der Waals surface area (Å²) in [4.78, 5) is 19.3. The Morgan fingerprint density at radius 3 is 2.61 bits per heavy atom. The van der Waals surface area contributed by atoms with Crippen LogP contribution in [0.4, 0.5) is 5.69 Å². The Morgan fingerprint density at radius 1 is 1.19 bits per heavy atom. The molecule has 8 nitrogen and oxygen atoms in total. The summed E-state index contributed by atoms with van der Waals surface area (Å²) < 4.78 is 6.24. The zero-order valence-electron chi connectivity index (χ0n) is 17.3. The highest BCUT2D eigenvalue weighted by Gasteiger charge is 2.41. The molecule has 3 heterocycles. The third kappa shape index (κ3) is 4.42. The highest BCUT2D eigenvalue weighted by Crippen LogP contribution is 2.40. The number of nitro groups is 1. The lowest BCUT2D eigenvalue weighted by atomic mass is 10.0. The van der Waals surface area contributed by atoms with Gasteiger partial charge in [-0.2, -0.15) is 0 Å². The first kappa shape index (κ1) is 21.0. The van der Waals surface area contributed by atoms with Crippen molar-refractivity contribution in [3.8, 4) is 11.3 Å². The van der Waals surface area contributed by atoms with Crippen LogP contribution in [0.1, 0.15) is 23.5 Å². The smallest absolute Gasteiger partial charge is 0.269 e. The molecule has 0 saturated carbocycles. The van der Waals surface area contributed by atoms with Crippen molar-refractivity contribution in [2.24, 2.45) is 0 Å². The summed E-state index contributed by atoms with van der Waals surface area (Å²) in [5.74, 6) is 1.41. The van der Waals surface area contributed by atoms with E-state index in [1.807, 2.05) is 44.4 Å². The van der Waals surface area contributed by atoms with Crippen LogP contribution in [-0.4, -0.2) is 52.0 Å². The molecule has 3 aromatic rings. The van der Waals surface area contributed by atoms with Crippen molar-refractivity contribution in [3.63, 3.8) is 0 Å². The normalized spacial score (nSPS) is 18.4. The van der Waals surface area contributed by atoms with Crippen LogP contribution in [0.3, 0.4) is 0 Å². The number of nitrogens with one attached hydrogen (secondary N) is 1. The lowest BCUT2D eigenvalue weighted by Crippen LogP contribution is -2.35. The molecule has 0 spiro atoms. The number of non-ortho nitro benzene ring substituents is 1. The van der Waals surface area contributed by atoms with E-state index in [9.17, 15) is 10.1 Å². The Morgan fingerprint density at radius 2 is 1.97 bits per heavy atom. The van der Waals surface area contributed by atoms with E-state index in [4.69, 9.17) is 16.6 Å². The predicted octanol–water partition coefficient (Wildman–Crippen LogP) is 3.78. The molecule has 0 unspecified atom stereocenters. The van der Waals surface area contributed by atoms with Gasteiger partial charge in [0.15, 0.2) is 5.11 Å². The standard InChI is InChI=1S/C22H23N5O3S/c1-25(2)13-14-26-21(20(24-22(26)31)17-5-3-4-12-23-17)19-11-10-18(30-19)15-6-8-16(9-7-15)27(28)29/h3-12,20-21H,13-14H2,1-2H3,(H,24,31)/t20-,21-/m1/s1. The molecule has 1 aliphatic heterocycles. The van der Waals surface area contributed by atoms with Crippen molar-refractivity contribution in [1.29, 1.82) is 0 Å². The third-order valence-corrected chi connectivity index (χ3v) is 5.62. The van der Waals surface area contributed by atoms with Gasteiger partial charge in [-0.15, -0.1) is 0 Å². The average molecular weight is 438 g/mol. The van der Waals surface area contributed by atoms with Crippen LogP contribution in [0, 0.1) is 10.1 Å². The van der Waals surface area contributed by atoms with E-state index in [-0.39, 0.29) is 17.8 Å². The fraction of sp³-hybridized carbons (Fsp3) is 0.273. The highest BCUT2D eigenvalue weighted by atomic mass is 32.1. The van der Waals surface area contributed by atoms with E-state index in [2.05, 4.69) is 20.1 Å². The molecule has 1 N–H and O–H groups in total. The maximum Gasteiger partial charge on any atom is 0.269 e. The number of hydrogen-bond acceptors (Lipinski definition) is 6.